The fourth-order valence-corrected chi connectivity index (χ4v) is 5.63. The van der Waals surface area contributed by atoms with Crippen LogP contribution >= 0.6 is 0 Å². The first-order chi connectivity index (χ1) is 14.6. The van der Waals surface area contributed by atoms with Gasteiger partial charge in [0.1, 0.15) is 0 Å². The van der Waals surface area contributed by atoms with Gasteiger partial charge in [0, 0.05) is 5.41 Å². The Kier molecular flexibility index (Phi) is 3.53. The van der Waals surface area contributed by atoms with Crippen molar-refractivity contribution >= 4 is 21.5 Å². The number of benzene rings is 5. The van der Waals surface area contributed by atoms with E-state index in [2.05, 4.69) is 112 Å². The lowest BCUT2D eigenvalue weighted by Crippen LogP contribution is -2.14. The fourth-order valence-electron chi connectivity index (χ4n) is 5.63. The average Bonchev–Trinajstić information content (AvgIpc) is 3.02. The number of aryl methyl sites for hydroxylation is 1. The summed E-state index contributed by atoms with van der Waals surface area (Å²) in [6, 6.07) is 33.5. The number of hydrogen-bond donors (Lipinski definition) is 0. The van der Waals surface area contributed by atoms with Gasteiger partial charge in [0.15, 0.2) is 0 Å². The second kappa shape index (κ2) is 6.06. The minimum atomic E-state index is 0.0164. The molecule has 0 atom stereocenters. The van der Waals surface area contributed by atoms with E-state index in [1.54, 1.807) is 0 Å². The van der Waals surface area contributed by atoms with E-state index in [0.717, 1.165) is 0 Å². The van der Waals surface area contributed by atoms with Crippen molar-refractivity contribution in [1.82, 2.24) is 0 Å². The van der Waals surface area contributed by atoms with Gasteiger partial charge in [-0.3, -0.25) is 0 Å². The Bertz CT molecular complexity index is 1470. The summed E-state index contributed by atoms with van der Waals surface area (Å²) in [7, 11) is 0. The SMILES string of the molecule is Cc1c(-c2cccc3c2-c2ccccc2C3(C)C)c2ccccc2c2ccccc12. The Morgan fingerprint density at radius 3 is 1.77 bits per heavy atom. The van der Waals surface area contributed by atoms with Gasteiger partial charge in [-0.1, -0.05) is 105 Å². The second-order valence-corrected chi connectivity index (χ2v) is 8.99. The summed E-state index contributed by atoms with van der Waals surface area (Å²) in [5.74, 6) is 0. The van der Waals surface area contributed by atoms with Crippen molar-refractivity contribution in [3.8, 4) is 22.3 Å². The normalized spacial score (nSPS) is 14.1. The first-order valence-corrected chi connectivity index (χ1v) is 10.7. The van der Waals surface area contributed by atoms with Crippen LogP contribution in [0.5, 0.6) is 0 Å². The van der Waals surface area contributed by atoms with Crippen molar-refractivity contribution in [3.63, 3.8) is 0 Å². The smallest absolute Gasteiger partial charge is 0.0159 e. The number of fused-ring (bicyclic) bond motifs is 6. The number of hydrogen-bond acceptors (Lipinski definition) is 0. The Morgan fingerprint density at radius 1 is 0.467 bits per heavy atom. The molecule has 144 valence electrons. The maximum atomic E-state index is 2.35. The van der Waals surface area contributed by atoms with E-state index in [1.165, 1.54) is 60.5 Å². The highest BCUT2D eigenvalue weighted by Gasteiger charge is 2.36. The van der Waals surface area contributed by atoms with Gasteiger partial charge in [-0.05, 0) is 67.4 Å². The lowest BCUT2D eigenvalue weighted by molar-refractivity contribution is 0.660. The lowest BCUT2D eigenvalue weighted by Gasteiger charge is -2.22. The van der Waals surface area contributed by atoms with Gasteiger partial charge in [0.05, 0.1) is 0 Å². The van der Waals surface area contributed by atoms with Gasteiger partial charge in [-0.2, -0.15) is 0 Å². The zero-order valence-corrected chi connectivity index (χ0v) is 17.7. The van der Waals surface area contributed by atoms with Crippen LogP contribution in [0.4, 0.5) is 0 Å². The van der Waals surface area contributed by atoms with Gasteiger partial charge in [-0.25, -0.2) is 0 Å². The maximum Gasteiger partial charge on any atom is 0.0159 e. The van der Waals surface area contributed by atoms with E-state index in [-0.39, 0.29) is 5.41 Å². The van der Waals surface area contributed by atoms with E-state index in [4.69, 9.17) is 0 Å². The van der Waals surface area contributed by atoms with E-state index < -0.39 is 0 Å². The van der Waals surface area contributed by atoms with Crippen LogP contribution in [0.1, 0.15) is 30.5 Å². The largest absolute Gasteiger partial charge is 0.0619 e. The van der Waals surface area contributed by atoms with Crippen LogP contribution in [0.3, 0.4) is 0 Å². The van der Waals surface area contributed by atoms with Crippen molar-refractivity contribution in [2.24, 2.45) is 0 Å². The summed E-state index contributed by atoms with van der Waals surface area (Å²) in [6.45, 7) is 7.00. The van der Waals surface area contributed by atoms with Crippen molar-refractivity contribution in [3.05, 3.63) is 108 Å². The molecule has 0 aliphatic heterocycles. The van der Waals surface area contributed by atoms with Crippen LogP contribution in [0.25, 0.3) is 43.8 Å². The predicted molar refractivity (Wildman–Crippen MR) is 129 cm³/mol. The van der Waals surface area contributed by atoms with Gasteiger partial charge in [-0.15, -0.1) is 0 Å². The van der Waals surface area contributed by atoms with Crippen LogP contribution in [0.15, 0.2) is 91.0 Å². The molecule has 5 aromatic rings. The molecule has 1 aliphatic carbocycles. The minimum absolute atomic E-state index is 0.0164. The Morgan fingerprint density at radius 2 is 1.00 bits per heavy atom. The highest BCUT2D eigenvalue weighted by Crippen LogP contribution is 2.53. The molecule has 0 radical (unpaired) electrons. The molecule has 0 heteroatoms. The summed E-state index contributed by atoms with van der Waals surface area (Å²) in [5.41, 5.74) is 9.74. The van der Waals surface area contributed by atoms with Gasteiger partial charge in [0.25, 0.3) is 0 Å². The van der Waals surface area contributed by atoms with Crippen LogP contribution in [0, 0.1) is 6.92 Å². The molecule has 0 heterocycles. The summed E-state index contributed by atoms with van der Waals surface area (Å²) in [5, 5.41) is 5.35. The monoisotopic (exact) mass is 384 g/mol. The summed E-state index contributed by atoms with van der Waals surface area (Å²) < 4.78 is 0. The minimum Gasteiger partial charge on any atom is -0.0619 e. The molecule has 0 nitrogen and oxygen atoms in total. The van der Waals surface area contributed by atoms with E-state index in [0.29, 0.717) is 0 Å². The van der Waals surface area contributed by atoms with Gasteiger partial charge >= 0.3 is 0 Å². The third kappa shape index (κ3) is 2.17. The first-order valence-electron chi connectivity index (χ1n) is 10.7. The molecule has 0 aromatic heterocycles. The van der Waals surface area contributed by atoms with E-state index in [9.17, 15) is 0 Å². The molecule has 5 aromatic carbocycles. The molecular formula is C30H24. The van der Waals surface area contributed by atoms with Crippen LogP contribution < -0.4 is 0 Å². The van der Waals surface area contributed by atoms with Crippen molar-refractivity contribution in [2.75, 3.05) is 0 Å². The zero-order valence-electron chi connectivity index (χ0n) is 17.7. The quantitative estimate of drug-likeness (QED) is 0.255. The lowest BCUT2D eigenvalue weighted by atomic mass is 9.81. The van der Waals surface area contributed by atoms with Crippen LogP contribution in [0.2, 0.25) is 0 Å². The molecule has 0 bridgehead atoms. The molecule has 6 rings (SSSR count). The van der Waals surface area contributed by atoms with E-state index >= 15 is 0 Å². The highest BCUT2D eigenvalue weighted by atomic mass is 14.4. The topological polar surface area (TPSA) is 0 Å². The predicted octanol–water partition coefficient (Wildman–Crippen LogP) is 8.27. The molecule has 0 fully saturated rings. The molecule has 0 amide bonds. The van der Waals surface area contributed by atoms with Gasteiger partial charge in [0.2, 0.25) is 0 Å². The molecule has 0 saturated heterocycles. The summed E-state index contributed by atoms with van der Waals surface area (Å²) >= 11 is 0. The molecular weight excluding hydrogens is 360 g/mol. The maximum absolute atomic E-state index is 2.35. The third-order valence-electron chi connectivity index (χ3n) is 7.07. The highest BCUT2D eigenvalue weighted by molar-refractivity contribution is 6.17. The molecule has 0 unspecified atom stereocenters. The van der Waals surface area contributed by atoms with Crippen LogP contribution in [-0.2, 0) is 5.41 Å². The molecule has 1 aliphatic rings. The van der Waals surface area contributed by atoms with Crippen molar-refractivity contribution in [1.29, 1.82) is 0 Å². The van der Waals surface area contributed by atoms with Crippen LogP contribution in [-0.4, -0.2) is 0 Å². The van der Waals surface area contributed by atoms with E-state index in [1.807, 2.05) is 0 Å². The molecule has 0 spiro atoms. The Balaban J connectivity index is 1.81. The molecule has 0 saturated carbocycles. The first kappa shape index (κ1) is 17.5. The summed E-state index contributed by atoms with van der Waals surface area (Å²) in [6.07, 6.45) is 0. The zero-order chi connectivity index (χ0) is 20.5. The molecule has 30 heavy (non-hydrogen) atoms. The third-order valence-corrected chi connectivity index (χ3v) is 7.07. The summed E-state index contributed by atoms with van der Waals surface area (Å²) in [4.78, 5) is 0. The van der Waals surface area contributed by atoms with Crippen molar-refractivity contribution < 1.29 is 0 Å². The Labute approximate surface area is 177 Å². The average molecular weight is 385 g/mol. The fraction of sp³-hybridized carbons (Fsp3) is 0.133. The Hall–Kier alpha value is -3.38. The molecule has 0 N–H and O–H groups in total. The van der Waals surface area contributed by atoms with Gasteiger partial charge < -0.3 is 0 Å². The second-order valence-electron chi connectivity index (χ2n) is 8.99. The number of rotatable bonds is 1. The van der Waals surface area contributed by atoms with Crippen molar-refractivity contribution in [2.45, 2.75) is 26.2 Å². The standard InChI is InChI=1S/C30H24/c1-19-20-11-4-5-12-21(20)22-13-6-7-14-23(22)28(19)25-16-10-18-27-29(25)24-15-8-9-17-26(24)30(27,2)3/h4-18H,1-3H3.